The second-order valence-corrected chi connectivity index (χ2v) is 4.05. The Balaban J connectivity index is 0.00000169. The normalized spacial score (nSPS) is 10.0. The van der Waals surface area contributed by atoms with Crippen molar-refractivity contribution in [3.05, 3.63) is 48.7 Å². The Morgan fingerprint density at radius 2 is 1.86 bits per heavy atom. The molecular weight excluding hydrogens is 202 g/mol. The molecule has 0 fully saturated rings. The van der Waals surface area contributed by atoms with Crippen LogP contribution in [0.1, 0.15) is 5.56 Å². The maximum atomic E-state index is 11.1. The minimum atomic E-state index is -3.50. The Labute approximate surface area is 83.9 Å². The van der Waals surface area contributed by atoms with Crippen molar-refractivity contribution >= 4 is 10.1 Å². The SMILES string of the molecule is C=COS(=O)(=O)Cc1ccccc1.N. The van der Waals surface area contributed by atoms with Gasteiger partial charge in [-0.05, 0) is 5.56 Å². The molecule has 0 saturated heterocycles. The van der Waals surface area contributed by atoms with E-state index in [4.69, 9.17) is 0 Å². The Morgan fingerprint density at radius 3 is 2.36 bits per heavy atom. The lowest BCUT2D eigenvalue weighted by atomic mass is 10.2. The van der Waals surface area contributed by atoms with Crippen LogP contribution in [0.3, 0.4) is 0 Å². The van der Waals surface area contributed by atoms with E-state index >= 15 is 0 Å². The first-order valence-corrected chi connectivity index (χ1v) is 5.27. The fourth-order valence-electron chi connectivity index (χ4n) is 0.916. The molecule has 1 aromatic carbocycles. The van der Waals surface area contributed by atoms with Crippen molar-refractivity contribution < 1.29 is 12.6 Å². The van der Waals surface area contributed by atoms with Crippen LogP contribution in [-0.4, -0.2) is 8.42 Å². The van der Waals surface area contributed by atoms with Gasteiger partial charge in [0.25, 0.3) is 0 Å². The molecule has 0 aromatic heterocycles. The highest BCUT2D eigenvalue weighted by atomic mass is 32.2. The predicted molar refractivity (Wildman–Crippen MR) is 55.4 cm³/mol. The van der Waals surface area contributed by atoms with Gasteiger partial charge in [0.15, 0.2) is 0 Å². The number of hydrogen-bond donors (Lipinski definition) is 1. The van der Waals surface area contributed by atoms with E-state index in [0.29, 0.717) is 5.56 Å². The molecule has 0 atom stereocenters. The molecule has 0 bridgehead atoms. The molecule has 0 radical (unpaired) electrons. The first-order chi connectivity index (χ1) is 6.14. The van der Waals surface area contributed by atoms with Crippen molar-refractivity contribution in [2.75, 3.05) is 0 Å². The molecule has 0 aliphatic rings. The molecule has 0 spiro atoms. The molecule has 0 aliphatic heterocycles. The lowest BCUT2D eigenvalue weighted by molar-refractivity contribution is 0.444. The van der Waals surface area contributed by atoms with E-state index in [1.165, 1.54) is 0 Å². The summed E-state index contributed by atoms with van der Waals surface area (Å²) in [5, 5.41) is 0. The van der Waals surface area contributed by atoms with Gasteiger partial charge < -0.3 is 10.3 Å². The van der Waals surface area contributed by atoms with Crippen molar-refractivity contribution in [3.8, 4) is 0 Å². The zero-order chi connectivity index (χ0) is 9.73. The smallest absolute Gasteiger partial charge is 0.312 e. The Kier molecular flexibility index (Phi) is 4.90. The number of benzene rings is 1. The first-order valence-electron chi connectivity index (χ1n) is 3.70. The van der Waals surface area contributed by atoms with Crippen LogP contribution in [0.25, 0.3) is 0 Å². The molecule has 0 heterocycles. The van der Waals surface area contributed by atoms with Crippen LogP contribution >= 0.6 is 0 Å². The van der Waals surface area contributed by atoms with Crippen LogP contribution in [0.5, 0.6) is 0 Å². The van der Waals surface area contributed by atoms with Gasteiger partial charge in [-0.25, -0.2) is 0 Å². The van der Waals surface area contributed by atoms with E-state index in [9.17, 15) is 8.42 Å². The van der Waals surface area contributed by atoms with E-state index in [1.807, 2.05) is 6.07 Å². The van der Waals surface area contributed by atoms with E-state index in [-0.39, 0.29) is 11.9 Å². The molecular formula is C9H13NO3S. The van der Waals surface area contributed by atoms with Gasteiger partial charge in [0.2, 0.25) is 0 Å². The monoisotopic (exact) mass is 215 g/mol. The van der Waals surface area contributed by atoms with E-state index in [0.717, 1.165) is 6.26 Å². The highest BCUT2D eigenvalue weighted by Crippen LogP contribution is 2.06. The van der Waals surface area contributed by atoms with Crippen LogP contribution < -0.4 is 6.15 Å². The second kappa shape index (κ2) is 5.41. The van der Waals surface area contributed by atoms with Crippen molar-refractivity contribution in [2.24, 2.45) is 0 Å². The predicted octanol–water partition coefficient (Wildman–Crippen LogP) is 1.84. The van der Waals surface area contributed by atoms with Gasteiger partial charge >= 0.3 is 10.1 Å². The van der Waals surface area contributed by atoms with Crippen LogP contribution in [0, 0.1) is 0 Å². The molecule has 0 saturated carbocycles. The van der Waals surface area contributed by atoms with Gasteiger partial charge in [-0.1, -0.05) is 36.9 Å². The summed E-state index contributed by atoms with van der Waals surface area (Å²) in [7, 11) is -3.50. The molecule has 4 nitrogen and oxygen atoms in total. The van der Waals surface area contributed by atoms with Crippen molar-refractivity contribution in [2.45, 2.75) is 5.75 Å². The standard InChI is InChI=1S/C9H10O3S.H3N/c1-2-12-13(10,11)8-9-6-4-3-5-7-9;/h2-7H,1,8H2;1H3. The summed E-state index contributed by atoms with van der Waals surface area (Å²) in [6.07, 6.45) is 0.915. The fraction of sp³-hybridized carbons (Fsp3) is 0.111. The number of hydrogen-bond acceptors (Lipinski definition) is 4. The lowest BCUT2D eigenvalue weighted by Gasteiger charge is -2.01. The van der Waals surface area contributed by atoms with Crippen molar-refractivity contribution in [3.63, 3.8) is 0 Å². The van der Waals surface area contributed by atoms with Gasteiger partial charge in [-0.15, -0.1) is 0 Å². The zero-order valence-electron chi connectivity index (χ0n) is 7.72. The van der Waals surface area contributed by atoms with Crippen molar-refractivity contribution in [1.29, 1.82) is 0 Å². The summed E-state index contributed by atoms with van der Waals surface area (Å²) in [5.41, 5.74) is 0.698. The molecule has 1 rings (SSSR count). The molecule has 14 heavy (non-hydrogen) atoms. The Hall–Kier alpha value is -1.33. The summed E-state index contributed by atoms with van der Waals surface area (Å²) >= 11 is 0. The van der Waals surface area contributed by atoms with Crippen LogP contribution in [0.15, 0.2) is 43.2 Å². The topological polar surface area (TPSA) is 78.4 Å². The molecule has 3 N–H and O–H groups in total. The van der Waals surface area contributed by atoms with Crippen LogP contribution in [-0.2, 0) is 20.1 Å². The van der Waals surface area contributed by atoms with Gasteiger partial charge in [0.1, 0.15) is 5.75 Å². The largest absolute Gasteiger partial charge is 0.391 e. The van der Waals surface area contributed by atoms with E-state index < -0.39 is 10.1 Å². The third-order valence-electron chi connectivity index (χ3n) is 1.40. The summed E-state index contributed by atoms with van der Waals surface area (Å²) in [6, 6.07) is 8.83. The maximum Gasteiger partial charge on any atom is 0.312 e. The second-order valence-electron chi connectivity index (χ2n) is 2.45. The third-order valence-corrected chi connectivity index (χ3v) is 2.52. The average Bonchev–Trinajstić information content (AvgIpc) is 2.04. The third kappa shape index (κ3) is 4.06. The summed E-state index contributed by atoms with van der Waals surface area (Å²) in [4.78, 5) is 0. The molecule has 5 heteroatoms. The van der Waals surface area contributed by atoms with Crippen molar-refractivity contribution in [1.82, 2.24) is 6.15 Å². The highest BCUT2D eigenvalue weighted by molar-refractivity contribution is 7.86. The van der Waals surface area contributed by atoms with Gasteiger partial charge in [0, 0.05) is 0 Å². The molecule has 0 amide bonds. The van der Waals surface area contributed by atoms with E-state index in [2.05, 4.69) is 10.8 Å². The van der Waals surface area contributed by atoms with Crippen LogP contribution in [0.4, 0.5) is 0 Å². The van der Waals surface area contributed by atoms with Gasteiger partial charge in [-0.2, -0.15) is 8.42 Å². The quantitative estimate of drug-likeness (QED) is 0.614. The first kappa shape index (κ1) is 12.7. The van der Waals surface area contributed by atoms with Gasteiger partial charge in [-0.3, -0.25) is 0 Å². The zero-order valence-corrected chi connectivity index (χ0v) is 8.53. The molecule has 78 valence electrons. The maximum absolute atomic E-state index is 11.1. The minimum absolute atomic E-state index is 0. The Bertz CT molecular complexity index is 372. The molecule has 0 aliphatic carbocycles. The molecule has 0 unspecified atom stereocenters. The van der Waals surface area contributed by atoms with Crippen LogP contribution in [0.2, 0.25) is 0 Å². The summed E-state index contributed by atoms with van der Waals surface area (Å²) in [6.45, 7) is 3.19. The number of rotatable bonds is 4. The summed E-state index contributed by atoms with van der Waals surface area (Å²) in [5.74, 6) is -0.125. The highest BCUT2D eigenvalue weighted by Gasteiger charge is 2.09. The van der Waals surface area contributed by atoms with Gasteiger partial charge in [0.05, 0.1) is 6.26 Å². The average molecular weight is 215 g/mol. The molecule has 1 aromatic rings. The fourth-order valence-corrected chi connectivity index (χ4v) is 1.79. The van der Waals surface area contributed by atoms with E-state index in [1.54, 1.807) is 24.3 Å². The summed E-state index contributed by atoms with van der Waals surface area (Å²) < 4.78 is 26.6. The Morgan fingerprint density at radius 1 is 1.29 bits per heavy atom. The minimum Gasteiger partial charge on any atom is -0.391 e. The lowest BCUT2D eigenvalue weighted by Crippen LogP contribution is -2.04.